The largest absolute Gasteiger partial charge is 0.508 e. The zero-order chi connectivity index (χ0) is 25.7. The smallest absolute Gasteiger partial charge is 0.417 e. The molecule has 1 fully saturated rings. The number of nitrogens with zero attached hydrogens (tertiary/aromatic N) is 2. The van der Waals surface area contributed by atoms with E-state index >= 15 is 0 Å². The average molecular weight is 501 g/mol. The molecule has 1 aliphatic rings. The van der Waals surface area contributed by atoms with Crippen molar-refractivity contribution in [2.75, 3.05) is 31.1 Å². The van der Waals surface area contributed by atoms with Crippen molar-refractivity contribution >= 4 is 17.1 Å². The molecular formula is C28H28F4N2O2. The van der Waals surface area contributed by atoms with Crippen molar-refractivity contribution < 1.29 is 27.4 Å². The van der Waals surface area contributed by atoms with Crippen LogP contribution < -0.4 is 9.64 Å². The van der Waals surface area contributed by atoms with E-state index in [0.717, 1.165) is 31.8 Å². The number of phenolic OH excluding ortho intramolecular Hbond substituents is 1. The third-order valence-corrected chi connectivity index (χ3v) is 6.20. The SMILES string of the molecule is C=C(c1ccc(F)cc1C(F)(F)F)N(c1ccc(O)cc1)c1ccc(OCCN2CCCCC2)cc1. The predicted molar refractivity (Wildman–Crippen MR) is 133 cm³/mol. The summed E-state index contributed by atoms with van der Waals surface area (Å²) < 4.78 is 60.8. The van der Waals surface area contributed by atoms with Gasteiger partial charge in [-0.15, -0.1) is 0 Å². The Kier molecular flexibility index (Phi) is 7.84. The molecule has 36 heavy (non-hydrogen) atoms. The summed E-state index contributed by atoms with van der Waals surface area (Å²) in [4.78, 5) is 3.90. The highest BCUT2D eigenvalue weighted by Crippen LogP contribution is 2.40. The minimum Gasteiger partial charge on any atom is -0.508 e. The normalized spacial score (nSPS) is 14.4. The number of likely N-dealkylation sites (tertiary alicyclic amines) is 1. The summed E-state index contributed by atoms with van der Waals surface area (Å²) in [6.07, 6.45) is -1.09. The lowest BCUT2D eigenvalue weighted by Crippen LogP contribution is -2.33. The summed E-state index contributed by atoms with van der Waals surface area (Å²) in [7, 11) is 0. The van der Waals surface area contributed by atoms with Gasteiger partial charge in [-0.1, -0.05) is 13.0 Å². The van der Waals surface area contributed by atoms with Crippen LogP contribution in [0, 0.1) is 5.82 Å². The lowest BCUT2D eigenvalue weighted by molar-refractivity contribution is -0.138. The summed E-state index contributed by atoms with van der Waals surface area (Å²) in [5.41, 5.74) is -0.347. The molecule has 0 spiro atoms. The lowest BCUT2D eigenvalue weighted by atomic mass is 10.0. The molecule has 190 valence electrons. The van der Waals surface area contributed by atoms with E-state index in [1.165, 1.54) is 36.3 Å². The molecule has 1 aliphatic heterocycles. The number of halogens is 4. The van der Waals surface area contributed by atoms with Crippen LogP contribution in [0.1, 0.15) is 30.4 Å². The van der Waals surface area contributed by atoms with Gasteiger partial charge >= 0.3 is 6.18 Å². The van der Waals surface area contributed by atoms with Gasteiger partial charge in [0, 0.05) is 29.2 Å². The van der Waals surface area contributed by atoms with Crippen LogP contribution >= 0.6 is 0 Å². The molecule has 0 radical (unpaired) electrons. The van der Waals surface area contributed by atoms with Crippen molar-refractivity contribution in [3.05, 3.63) is 90.3 Å². The van der Waals surface area contributed by atoms with E-state index < -0.39 is 17.6 Å². The number of ether oxygens (including phenoxy) is 1. The van der Waals surface area contributed by atoms with Gasteiger partial charge in [0.2, 0.25) is 0 Å². The first kappa shape index (κ1) is 25.6. The van der Waals surface area contributed by atoms with Gasteiger partial charge in [-0.05, 0) is 92.7 Å². The second-order valence-corrected chi connectivity index (χ2v) is 8.73. The summed E-state index contributed by atoms with van der Waals surface area (Å²) in [6.45, 7) is 7.47. The van der Waals surface area contributed by atoms with Gasteiger partial charge in [0.1, 0.15) is 23.9 Å². The first-order chi connectivity index (χ1) is 17.2. The fourth-order valence-corrected chi connectivity index (χ4v) is 4.35. The van der Waals surface area contributed by atoms with Crippen LogP contribution in [-0.4, -0.2) is 36.2 Å². The Bertz CT molecular complexity index is 1170. The molecule has 8 heteroatoms. The molecule has 4 nitrogen and oxygen atoms in total. The predicted octanol–water partition coefficient (Wildman–Crippen LogP) is 7.22. The maximum absolute atomic E-state index is 13.7. The fraction of sp³-hybridized carbons (Fsp3) is 0.286. The maximum Gasteiger partial charge on any atom is 0.417 e. The zero-order valence-electron chi connectivity index (χ0n) is 19.8. The number of hydrogen-bond donors (Lipinski definition) is 1. The first-order valence-electron chi connectivity index (χ1n) is 11.8. The number of hydrogen-bond acceptors (Lipinski definition) is 4. The van der Waals surface area contributed by atoms with Crippen LogP contribution in [0.3, 0.4) is 0 Å². The Morgan fingerprint density at radius 3 is 2.14 bits per heavy atom. The van der Waals surface area contributed by atoms with E-state index in [9.17, 15) is 22.7 Å². The van der Waals surface area contributed by atoms with Crippen molar-refractivity contribution in [3.63, 3.8) is 0 Å². The Balaban J connectivity index is 1.60. The van der Waals surface area contributed by atoms with Crippen LogP contribution in [0.5, 0.6) is 11.5 Å². The minimum absolute atomic E-state index is 0.00628. The molecule has 0 bridgehead atoms. The molecule has 3 aromatic carbocycles. The van der Waals surface area contributed by atoms with Crippen molar-refractivity contribution in [1.82, 2.24) is 4.90 Å². The summed E-state index contributed by atoms with van der Waals surface area (Å²) in [6, 6.07) is 15.5. The van der Waals surface area contributed by atoms with E-state index in [4.69, 9.17) is 4.74 Å². The first-order valence-corrected chi connectivity index (χ1v) is 11.8. The van der Waals surface area contributed by atoms with Crippen molar-refractivity contribution in [1.29, 1.82) is 0 Å². The summed E-state index contributed by atoms with van der Waals surface area (Å²) >= 11 is 0. The van der Waals surface area contributed by atoms with Crippen molar-refractivity contribution in [3.8, 4) is 11.5 Å². The van der Waals surface area contributed by atoms with Crippen LogP contribution in [0.25, 0.3) is 5.70 Å². The van der Waals surface area contributed by atoms with E-state index in [1.807, 2.05) is 0 Å². The average Bonchev–Trinajstić information content (AvgIpc) is 2.86. The van der Waals surface area contributed by atoms with E-state index in [2.05, 4.69) is 11.5 Å². The topological polar surface area (TPSA) is 35.9 Å². The number of aromatic hydroxyl groups is 1. The fourth-order valence-electron chi connectivity index (χ4n) is 4.35. The highest BCUT2D eigenvalue weighted by Gasteiger charge is 2.35. The molecule has 0 saturated carbocycles. The van der Waals surface area contributed by atoms with Crippen LogP contribution in [-0.2, 0) is 6.18 Å². The number of phenols is 1. The molecule has 4 rings (SSSR count). The second kappa shape index (κ2) is 11.0. The summed E-state index contributed by atoms with van der Waals surface area (Å²) in [5, 5.41) is 9.71. The quantitative estimate of drug-likeness (QED) is 0.331. The van der Waals surface area contributed by atoms with Gasteiger partial charge in [-0.2, -0.15) is 13.2 Å². The third kappa shape index (κ3) is 6.18. The number of anilines is 2. The number of rotatable bonds is 8. The molecule has 0 atom stereocenters. The second-order valence-electron chi connectivity index (χ2n) is 8.73. The Morgan fingerprint density at radius 2 is 1.53 bits per heavy atom. The monoisotopic (exact) mass is 500 g/mol. The molecule has 1 heterocycles. The van der Waals surface area contributed by atoms with Gasteiger partial charge in [0.05, 0.1) is 5.56 Å². The third-order valence-electron chi connectivity index (χ3n) is 6.20. The molecule has 0 aromatic heterocycles. The summed E-state index contributed by atoms with van der Waals surface area (Å²) in [5.74, 6) is -0.328. The molecule has 0 amide bonds. The van der Waals surface area contributed by atoms with Gasteiger partial charge < -0.3 is 14.7 Å². The van der Waals surface area contributed by atoms with E-state index in [-0.39, 0.29) is 17.0 Å². The van der Waals surface area contributed by atoms with Crippen molar-refractivity contribution in [2.45, 2.75) is 25.4 Å². The van der Waals surface area contributed by atoms with Gasteiger partial charge in [-0.3, -0.25) is 4.90 Å². The minimum atomic E-state index is -4.77. The molecule has 1 N–H and O–H groups in total. The van der Waals surface area contributed by atoms with Gasteiger partial charge in [0.15, 0.2) is 0 Å². The number of alkyl halides is 3. The highest BCUT2D eigenvalue weighted by molar-refractivity contribution is 5.88. The molecule has 0 aliphatic carbocycles. The van der Waals surface area contributed by atoms with E-state index in [0.29, 0.717) is 29.8 Å². The number of benzene rings is 3. The Labute approximate surface area is 208 Å². The Hall–Kier alpha value is -3.52. The van der Waals surface area contributed by atoms with Crippen molar-refractivity contribution in [2.24, 2.45) is 0 Å². The highest BCUT2D eigenvalue weighted by atomic mass is 19.4. The van der Waals surface area contributed by atoms with Crippen LogP contribution in [0.4, 0.5) is 28.9 Å². The van der Waals surface area contributed by atoms with E-state index in [1.54, 1.807) is 36.4 Å². The Morgan fingerprint density at radius 1 is 0.917 bits per heavy atom. The lowest BCUT2D eigenvalue weighted by Gasteiger charge is -2.29. The molecule has 0 unspecified atom stereocenters. The standard InChI is InChI=1S/C28H28F4N2O2/c1-20(26-14-5-21(29)19-27(26)28(30,31)32)34(22-6-10-24(35)11-7-22)23-8-12-25(13-9-23)36-18-17-33-15-3-2-4-16-33/h5-14,19,35H,1-4,15-18H2. The zero-order valence-corrected chi connectivity index (χ0v) is 19.8. The van der Waals surface area contributed by atoms with Gasteiger partial charge in [0.25, 0.3) is 0 Å². The van der Waals surface area contributed by atoms with Crippen LogP contribution in [0.2, 0.25) is 0 Å². The number of piperidine rings is 1. The molecule has 1 saturated heterocycles. The molecular weight excluding hydrogens is 472 g/mol. The maximum atomic E-state index is 13.7. The molecule has 3 aromatic rings. The van der Waals surface area contributed by atoms with Crippen LogP contribution in [0.15, 0.2) is 73.3 Å². The van der Waals surface area contributed by atoms with Gasteiger partial charge in [-0.25, -0.2) is 4.39 Å².